The maximum Gasteiger partial charge on any atom is 0.110 e. The lowest BCUT2D eigenvalue weighted by Gasteiger charge is -2.04. The second-order valence-electron chi connectivity index (χ2n) is 5.18. The molecule has 18 heavy (non-hydrogen) atoms. The summed E-state index contributed by atoms with van der Waals surface area (Å²) in [6, 6.07) is 0. The van der Waals surface area contributed by atoms with Crippen LogP contribution in [0.3, 0.4) is 0 Å². The van der Waals surface area contributed by atoms with Crippen LogP contribution in [0.1, 0.15) is 69.8 Å². The van der Waals surface area contributed by atoms with Crippen molar-refractivity contribution in [2.75, 3.05) is 0 Å². The molecule has 1 aromatic rings. The Morgan fingerprint density at radius 1 is 1.06 bits per heavy atom. The van der Waals surface area contributed by atoms with Crippen molar-refractivity contribution in [1.82, 2.24) is 9.55 Å². The van der Waals surface area contributed by atoms with Crippen LogP contribution in [0.4, 0.5) is 0 Å². The van der Waals surface area contributed by atoms with Gasteiger partial charge < -0.3 is 10.3 Å². The Labute approximate surface area is 112 Å². The highest BCUT2D eigenvalue weighted by Crippen LogP contribution is 2.11. The summed E-state index contributed by atoms with van der Waals surface area (Å²) in [6.45, 7) is 4.85. The SMILES string of the molecule is CCCCCCCCCCc1nc(C)cn1CN. The quantitative estimate of drug-likeness (QED) is 0.643. The normalized spacial score (nSPS) is 11.1. The van der Waals surface area contributed by atoms with Gasteiger partial charge in [-0.2, -0.15) is 0 Å². The van der Waals surface area contributed by atoms with E-state index in [0.717, 1.165) is 17.9 Å². The van der Waals surface area contributed by atoms with Crippen molar-refractivity contribution in [2.24, 2.45) is 5.73 Å². The average Bonchev–Trinajstić information content (AvgIpc) is 2.73. The Morgan fingerprint density at radius 2 is 1.67 bits per heavy atom. The Balaban J connectivity index is 2.06. The first-order valence-corrected chi connectivity index (χ1v) is 7.50. The minimum absolute atomic E-state index is 0.549. The molecule has 0 saturated heterocycles. The van der Waals surface area contributed by atoms with Gasteiger partial charge in [0.1, 0.15) is 5.82 Å². The Kier molecular flexibility index (Phi) is 7.74. The van der Waals surface area contributed by atoms with Crippen molar-refractivity contribution in [3.8, 4) is 0 Å². The summed E-state index contributed by atoms with van der Waals surface area (Å²) in [5.74, 6) is 1.15. The summed E-state index contributed by atoms with van der Waals surface area (Å²) >= 11 is 0. The van der Waals surface area contributed by atoms with E-state index in [9.17, 15) is 0 Å². The lowest BCUT2D eigenvalue weighted by atomic mass is 10.1. The Hall–Kier alpha value is -0.830. The third-order valence-electron chi connectivity index (χ3n) is 3.43. The number of aryl methyl sites for hydroxylation is 2. The number of hydrogen-bond acceptors (Lipinski definition) is 2. The van der Waals surface area contributed by atoms with Gasteiger partial charge in [-0.1, -0.05) is 51.9 Å². The molecule has 0 radical (unpaired) electrons. The van der Waals surface area contributed by atoms with Crippen LogP contribution in [0.2, 0.25) is 0 Å². The zero-order valence-electron chi connectivity index (χ0n) is 12.1. The summed E-state index contributed by atoms with van der Waals surface area (Å²) in [5, 5.41) is 0. The van der Waals surface area contributed by atoms with Crippen molar-refractivity contribution < 1.29 is 0 Å². The first-order chi connectivity index (χ1) is 8.77. The van der Waals surface area contributed by atoms with Gasteiger partial charge in [0.05, 0.1) is 12.4 Å². The third-order valence-corrected chi connectivity index (χ3v) is 3.43. The number of unbranched alkanes of at least 4 members (excludes halogenated alkanes) is 7. The molecule has 1 aromatic heterocycles. The highest BCUT2D eigenvalue weighted by atomic mass is 15.1. The van der Waals surface area contributed by atoms with Crippen molar-refractivity contribution in [3.63, 3.8) is 0 Å². The number of imidazole rings is 1. The molecule has 0 aliphatic heterocycles. The molecule has 0 fully saturated rings. The summed E-state index contributed by atoms with van der Waals surface area (Å²) in [7, 11) is 0. The predicted octanol–water partition coefficient (Wildman–Crippen LogP) is 3.79. The minimum Gasteiger partial charge on any atom is -0.322 e. The van der Waals surface area contributed by atoms with E-state index in [4.69, 9.17) is 5.73 Å². The van der Waals surface area contributed by atoms with Gasteiger partial charge in [0, 0.05) is 12.6 Å². The Bertz CT molecular complexity index is 318. The van der Waals surface area contributed by atoms with E-state index in [1.165, 1.54) is 51.4 Å². The first-order valence-electron chi connectivity index (χ1n) is 7.50. The third kappa shape index (κ3) is 5.67. The number of hydrogen-bond donors (Lipinski definition) is 1. The van der Waals surface area contributed by atoms with Gasteiger partial charge in [0.2, 0.25) is 0 Å². The highest BCUT2D eigenvalue weighted by Gasteiger charge is 2.03. The van der Waals surface area contributed by atoms with Crippen molar-refractivity contribution in [3.05, 3.63) is 17.7 Å². The molecule has 1 heterocycles. The summed E-state index contributed by atoms with van der Waals surface area (Å²) in [5.41, 5.74) is 6.76. The van der Waals surface area contributed by atoms with Gasteiger partial charge in [0.25, 0.3) is 0 Å². The topological polar surface area (TPSA) is 43.8 Å². The second kappa shape index (κ2) is 9.15. The lowest BCUT2D eigenvalue weighted by Crippen LogP contribution is -2.09. The van der Waals surface area contributed by atoms with Crippen LogP contribution in [0.25, 0.3) is 0 Å². The van der Waals surface area contributed by atoms with E-state index >= 15 is 0 Å². The molecule has 0 unspecified atom stereocenters. The molecule has 0 aromatic carbocycles. The van der Waals surface area contributed by atoms with Gasteiger partial charge in [0.15, 0.2) is 0 Å². The fraction of sp³-hybridized carbons (Fsp3) is 0.800. The van der Waals surface area contributed by atoms with Crippen LogP contribution in [0, 0.1) is 6.92 Å². The van der Waals surface area contributed by atoms with Crippen LogP contribution >= 0.6 is 0 Å². The number of nitrogens with zero attached hydrogens (tertiary/aromatic N) is 2. The van der Waals surface area contributed by atoms with E-state index in [-0.39, 0.29) is 0 Å². The smallest absolute Gasteiger partial charge is 0.110 e. The van der Waals surface area contributed by atoms with E-state index < -0.39 is 0 Å². The Morgan fingerprint density at radius 3 is 2.28 bits per heavy atom. The van der Waals surface area contributed by atoms with E-state index in [2.05, 4.69) is 16.5 Å². The highest BCUT2D eigenvalue weighted by molar-refractivity contribution is 5.02. The fourth-order valence-corrected chi connectivity index (χ4v) is 2.37. The van der Waals surface area contributed by atoms with Gasteiger partial charge >= 0.3 is 0 Å². The van der Waals surface area contributed by atoms with E-state index in [1.807, 2.05) is 13.1 Å². The van der Waals surface area contributed by atoms with Gasteiger partial charge in [-0.25, -0.2) is 4.98 Å². The van der Waals surface area contributed by atoms with Crippen LogP contribution in [-0.4, -0.2) is 9.55 Å². The summed E-state index contributed by atoms with van der Waals surface area (Å²) < 4.78 is 2.07. The molecule has 0 saturated carbocycles. The van der Waals surface area contributed by atoms with Crippen molar-refractivity contribution in [2.45, 2.75) is 78.3 Å². The molecule has 0 atom stereocenters. The zero-order valence-corrected chi connectivity index (χ0v) is 12.1. The van der Waals surface area contributed by atoms with Crippen LogP contribution in [0.5, 0.6) is 0 Å². The van der Waals surface area contributed by atoms with E-state index in [1.54, 1.807) is 0 Å². The molecule has 0 spiro atoms. The lowest BCUT2D eigenvalue weighted by molar-refractivity contribution is 0.564. The monoisotopic (exact) mass is 251 g/mol. The molecule has 104 valence electrons. The molecular formula is C15H29N3. The maximum absolute atomic E-state index is 5.69. The molecule has 2 N–H and O–H groups in total. The molecule has 0 amide bonds. The second-order valence-corrected chi connectivity index (χ2v) is 5.18. The van der Waals surface area contributed by atoms with Gasteiger partial charge in [-0.05, 0) is 13.3 Å². The molecule has 1 rings (SSSR count). The van der Waals surface area contributed by atoms with Crippen LogP contribution in [0.15, 0.2) is 6.20 Å². The summed E-state index contributed by atoms with van der Waals surface area (Å²) in [4.78, 5) is 4.52. The molecular weight excluding hydrogens is 222 g/mol. The number of rotatable bonds is 10. The van der Waals surface area contributed by atoms with Gasteiger partial charge in [-0.15, -0.1) is 0 Å². The van der Waals surface area contributed by atoms with Gasteiger partial charge in [-0.3, -0.25) is 0 Å². The molecule has 3 heteroatoms. The number of nitrogens with two attached hydrogens (primary N) is 1. The van der Waals surface area contributed by atoms with Crippen LogP contribution < -0.4 is 5.73 Å². The molecule has 0 aliphatic carbocycles. The minimum atomic E-state index is 0.549. The maximum atomic E-state index is 5.69. The standard InChI is InChI=1S/C15H29N3/c1-3-4-5-6-7-8-9-10-11-15-17-14(2)12-18(15)13-16/h12H,3-11,13,16H2,1-2H3. The van der Waals surface area contributed by atoms with E-state index in [0.29, 0.717) is 6.67 Å². The molecule has 0 bridgehead atoms. The van der Waals surface area contributed by atoms with Crippen LogP contribution in [-0.2, 0) is 13.1 Å². The molecule has 0 aliphatic rings. The average molecular weight is 251 g/mol. The van der Waals surface area contributed by atoms with Crippen molar-refractivity contribution in [1.29, 1.82) is 0 Å². The van der Waals surface area contributed by atoms with Crippen molar-refractivity contribution >= 4 is 0 Å². The predicted molar refractivity (Wildman–Crippen MR) is 77.5 cm³/mol. The number of aromatic nitrogens is 2. The first kappa shape index (κ1) is 15.2. The fourth-order valence-electron chi connectivity index (χ4n) is 2.37. The molecule has 3 nitrogen and oxygen atoms in total. The summed E-state index contributed by atoms with van der Waals surface area (Å²) in [6.07, 6.45) is 14.0. The largest absolute Gasteiger partial charge is 0.322 e. The zero-order chi connectivity index (χ0) is 13.2.